The molecular weight excluding hydrogens is 392 g/mol. The van der Waals surface area contributed by atoms with E-state index in [-0.39, 0.29) is 0 Å². The summed E-state index contributed by atoms with van der Waals surface area (Å²) in [6.45, 7) is 8.01. The van der Waals surface area contributed by atoms with Crippen molar-refractivity contribution < 1.29 is 4.74 Å². The molecule has 148 valence electrons. The van der Waals surface area contributed by atoms with Gasteiger partial charge in [-0.05, 0) is 37.9 Å². The van der Waals surface area contributed by atoms with E-state index in [1.807, 2.05) is 31.3 Å². The molecule has 0 radical (unpaired) electrons. The molecule has 5 nitrogen and oxygen atoms in total. The van der Waals surface area contributed by atoms with Crippen LogP contribution in [0.1, 0.15) is 44.9 Å². The molecule has 2 heterocycles. The first-order chi connectivity index (χ1) is 13.5. The SMILES string of the molecule is CC#Cc1c(C)nc(NSc2c[nH]c3cc(Cl)ccc23)nc1OC.CCCC. The number of H-pyrrole nitrogens is 1. The maximum Gasteiger partial charge on any atom is 0.236 e. The van der Waals surface area contributed by atoms with Crippen molar-refractivity contribution in [1.29, 1.82) is 0 Å². The topological polar surface area (TPSA) is 62.8 Å². The quantitative estimate of drug-likeness (QED) is 0.381. The molecule has 7 heteroatoms. The van der Waals surface area contributed by atoms with Gasteiger partial charge in [-0.15, -0.1) is 5.92 Å². The van der Waals surface area contributed by atoms with Crippen molar-refractivity contribution in [1.82, 2.24) is 15.0 Å². The molecule has 0 aliphatic rings. The Bertz CT molecular complexity index is 989. The zero-order valence-corrected chi connectivity index (χ0v) is 18.4. The summed E-state index contributed by atoms with van der Waals surface area (Å²) < 4.78 is 8.47. The van der Waals surface area contributed by atoms with Crippen molar-refractivity contribution in [3.05, 3.63) is 40.7 Å². The predicted molar refractivity (Wildman–Crippen MR) is 119 cm³/mol. The summed E-state index contributed by atoms with van der Waals surface area (Å²) in [6, 6.07) is 5.73. The fourth-order valence-corrected chi connectivity index (χ4v) is 3.14. The van der Waals surface area contributed by atoms with Gasteiger partial charge in [-0.25, -0.2) is 4.98 Å². The summed E-state index contributed by atoms with van der Waals surface area (Å²) in [5, 5.41) is 1.78. The monoisotopic (exact) mass is 416 g/mol. The van der Waals surface area contributed by atoms with Crippen LogP contribution >= 0.6 is 23.5 Å². The number of aromatic nitrogens is 3. The number of aryl methyl sites for hydroxylation is 1. The molecule has 0 spiro atoms. The van der Waals surface area contributed by atoms with Crippen molar-refractivity contribution >= 4 is 40.4 Å². The van der Waals surface area contributed by atoms with Gasteiger partial charge < -0.3 is 9.72 Å². The normalized spacial score (nSPS) is 9.93. The molecule has 0 aliphatic heterocycles. The highest BCUT2D eigenvalue weighted by Gasteiger charge is 2.12. The minimum Gasteiger partial charge on any atom is -0.480 e. The van der Waals surface area contributed by atoms with E-state index in [1.54, 1.807) is 14.0 Å². The second kappa shape index (κ2) is 10.8. The number of unbranched alkanes of at least 4 members (excludes halogenated alkanes) is 1. The Kier molecular flexibility index (Phi) is 8.49. The van der Waals surface area contributed by atoms with Crippen LogP contribution in [-0.4, -0.2) is 22.1 Å². The maximum absolute atomic E-state index is 6.00. The van der Waals surface area contributed by atoms with Crippen LogP contribution in [0.5, 0.6) is 5.88 Å². The number of benzene rings is 1. The Morgan fingerprint density at radius 1 is 1.25 bits per heavy atom. The molecule has 0 atom stereocenters. The molecule has 2 N–H and O–H groups in total. The average molecular weight is 417 g/mol. The summed E-state index contributed by atoms with van der Waals surface area (Å²) >= 11 is 7.43. The van der Waals surface area contributed by atoms with Crippen LogP contribution in [0.4, 0.5) is 5.95 Å². The molecule has 0 fully saturated rings. The molecule has 28 heavy (non-hydrogen) atoms. The highest BCUT2D eigenvalue weighted by molar-refractivity contribution is 8.00. The Hall–Kier alpha value is -2.36. The number of hydrogen-bond acceptors (Lipinski definition) is 5. The summed E-state index contributed by atoms with van der Waals surface area (Å²) in [4.78, 5) is 13.0. The van der Waals surface area contributed by atoms with Crippen LogP contribution < -0.4 is 9.46 Å². The van der Waals surface area contributed by atoms with Crippen molar-refractivity contribution in [2.24, 2.45) is 0 Å². The third-order valence-electron chi connectivity index (χ3n) is 3.86. The number of anilines is 1. The second-order valence-corrected chi connectivity index (χ2v) is 7.22. The minimum atomic E-state index is 0.464. The van der Waals surface area contributed by atoms with Gasteiger partial charge in [0.05, 0.1) is 17.7 Å². The number of methoxy groups -OCH3 is 1. The molecule has 0 amide bonds. The minimum absolute atomic E-state index is 0.464. The van der Waals surface area contributed by atoms with Gasteiger partial charge in [0.2, 0.25) is 11.8 Å². The number of hydrogen-bond donors (Lipinski definition) is 2. The van der Waals surface area contributed by atoms with Crippen LogP contribution in [0, 0.1) is 18.8 Å². The van der Waals surface area contributed by atoms with Gasteiger partial charge in [-0.1, -0.05) is 50.3 Å². The van der Waals surface area contributed by atoms with Gasteiger partial charge in [0.25, 0.3) is 0 Å². The van der Waals surface area contributed by atoms with Crippen LogP contribution in [0.2, 0.25) is 5.02 Å². The highest BCUT2D eigenvalue weighted by atomic mass is 35.5. The lowest BCUT2D eigenvalue weighted by molar-refractivity contribution is 0.396. The van der Waals surface area contributed by atoms with Gasteiger partial charge in [0.1, 0.15) is 5.56 Å². The van der Waals surface area contributed by atoms with Crippen molar-refractivity contribution in [2.45, 2.75) is 45.4 Å². The summed E-state index contributed by atoms with van der Waals surface area (Å²) in [5.74, 6) is 6.75. The molecule has 0 saturated carbocycles. The summed E-state index contributed by atoms with van der Waals surface area (Å²) in [7, 11) is 1.57. The molecule has 0 unspecified atom stereocenters. The molecule has 2 aromatic heterocycles. The fraction of sp³-hybridized carbons (Fsp3) is 0.333. The third-order valence-corrected chi connectivity index (χ3v) is 4.94. The number of halogens is 1. The number of ether oxygens (including phenoxy) is 1. The lowest BCUT2D eigenvalue weighted by atomic mass is 10.2. The Balaban J connectivity index is 0.000000640. The molecule has 3 rings (SSSR count). The standard InChI is InChI=1S/C17H15ClN4OS.C4H10/c1-4-5-12-10(2)20-17(21-16(12)23-3)22-24-15-9-19-14-8-11(18)6-7-13(14)15;1-3-4-2/h6-9,19H,1-3H3,(H,20,21,22);3-4H2,1-2H3. The van der Waals surface area contributed by atoms with E-state index >= 15 is 0 Å². The molecule has 0 aliphatic carbocycles. The van der Waals surface area contributed by atoms with Crippen LogP contribution in [0.15, 0.2) is 29.3 Å². The molecule has 0 saturated heterocycles. The van der Waals surface area contributed by atoms with Gasteiger partial charge in [0.15, 0.2) is 0 Å². The van der Waals surface area contributed by atoms with E-state index in [1.165, 1.54) is 24.8 Å². The van der Waals surface area contributed by atoms with E-state index in [0.29, 0.717) is 22.4 Å². The predicted octanol–water partition coefficient (Wildman–Crippen LogP) is 6.23. The smallest absolute Gasteiger partial charge is 0.236 e. The van der Waals surface area contributed by atoms with Gasteiger partial charge in [-0.2, -0.15) is 4.98 Å². The van der Waals surface area contributed by atoms with Crippen molar-refractivity contribution in [3.8, 4) is 17.7 Å². The zero-order chi connectivity index (χ0) is 20.5. The number of aromatic amines is 1. The lowest BCUT2D eigenvalue weighted by Gasteiger charge is -2.09. The number of nitrogens with one attached hydrogen (secondary N) is 2. The second-order valence-electron chi connectivity index (χ2n) is 5.94. The number of rotatable bonds is 5. The zero-order valence-electron chi connectivity index (χ0n) is 16.8. The van der Waals surface area contributed by atoms with E-state index in [4.69, 9.17) is 16.3 Å². The van der Waals surface area contributed by atoms with Gasteiger partial charge in [-0.3, -0.25) is 4.72 Å². The third kappa shape index (κ3) is 5.57. The van der Waals surface area contributed by atoms with Crippen LogP contribution in [0.25, 0.3) is 10.9 Å². The van der Waals surface area contributed by atoms with Crippen LogP contribution in [0.3, 0.4) is 0 Å². The Morgan fingerprint density at radius 2 is 2.00 bits per heavy atom. The molecule has 3 aromatic rings. The lowest BCUT2D eigenvalue weighted by Crippen LogP contribution is -2.02. The van der Waals surface area contributed by atoms with Crippen molar-refractivity contribution in [2.75, 3.05) is 11.8 Å². The van der Waals surface area contributed by atoms with Gasteiger partial charge >= 0.3 is 0 Å². The largest absolute Gasteiger partial charge is 0.480 e. The van der Waals surface area contributed by atoms with E-state index in [9.17, 15) is 0 Å². The van der Waals surface area contributed by atoms with Crippen molar-refractivity contribution in [3.63, 3.8) is 0 Å². The summed E-state index contributed by atoms with van der Waals surface area (Å²) in [6.07, 6.45) is 4.56. The average Bonchev–Trinajstić information content (AvgIpc) is 3.10. The van der Waals surface area contributed by atoms with E-state index in [2.05, 4.69) is 45.4 Å². The fourth-order valence-electron chi connectivity index (χ4n) is 2.27. The van der Waals surface area contributed by atoms with Crippen LogP contribution in [-0.2, 0) is 0 Å². The number of nitrogens with zero attached hydrogens (tertiary/aromatic N) is 2. The first-order valence-electron chi connectivity index (χ1n) is 9.08. The summed E-state index contributed by atoms with van der Waals surface area (Å²) in [5.41, 5.74) is 2.46. The first-order valence-corrected chi connectivity index (χ1v) is 10.3. The number of fused-ring (bicyclic) bond motifs is 1. The maximum atomic E-state index is 6.00. The van der Waals surface area contributed by atoms with E-state index < -0.39 is 0 Å². The van der Waals surface area contributed by atoms with Gasteiger partial charge in [0, 0.05) is 22.1 Å². The Labute approximate surface area is 175 Å². The molecular formula is C21H25ClN4OS. The molecule has 1 aromatic carbocycles. The highest BCUT2D eigenvalue weighted by Crippen LogP contribution is 2.30. The Morgan fingerprint density at radius 3 is 2.64 bits per heavy atom. The van der Waals surface area contributed by atoms with E-state index in [0.717, 1.165) is 21.5 Å². The molecule has 0 bridgehead atoms. The first kappa shape index (κ1) is 21.9.